The highest BCUT2D eigenvalue weighted by Crippen LogP contribution is 2.28. The van der Waals surface area contributed by atoms with Gasteiger partial charge in [-0.3, -0.25) is 0 Å². The predicted molar refractivity (Wildman–Crippen MR) is 72.8 cm³/mol. The third-order valence-electron chi connectivity index (χ3n) is 2.68. The summed E-state index contributed by atoms with van der Waals surface area (Å²) in [5, 5.41) is 3.21. The van der Waals surface area contributed by atoms with Crippen molar-refractivity contribution in [2.24, 2.45) is 5.92 Å². The maximum atomic E-state index is 3.57. The lowest BCUT2D eigenvalue weighted by molar-refractivity contribution is 0.483. The molecule has 0 fully saturated rings. The summed E-state index contributed by atoms with van der Waals surface area (Å²) in [6.07, 6.45) is 3.80. The number of rotatable bonds is 6. The van der Waals surface area contributed by atoms with Crippen LogP contribution in [-0.4, -0.2) is 13.6 Å². The molecular formula is C12H20BrNS. The SMILES string of the molecule is CNCCC(C)CCc1cc(C)c(Br)s1. The van der Waals surface area contributed by atoms with Gasteiger partial charge in [0.15, 0.2) is 0 Å². The Bertz CT molecular complexity index is 276. The number of aryl methyl sites for hydroxylation is 2. The minimum Gasteiger partial charge on any atom is -0.320 e. The van der Waals surface area contributed by atoms with Crippen LogP contribution in [0.4, 0.5) is 0 Å². The van der Waals surface area contributed by atoms with Gasteiger partial charge in [-0.25, -0.2) is 0 Å². The molecule has 1 aromatic rings. The second-order valence-corrected chi connectivity index (χ2v) is 6.66. The van der Waals surface area contributed by atoms with Crippen molar-refractivity contribution in [1.29, 1.82) is 0 Å². The van der Waals surface area contributed by atoms with Crippen LogP contribution < -0.4 is 5.32 Å². The number of nitrogens with one attached hydrogen (secondary N) is 1. The third kappa shape index (κ3) is 4.66. The number of halogens is 1. The van der Waals surface area contributed by atoms with Crippen molar-refractivity contribution in [3.8, 4) is 0 Å². The third-order valence-corrected chi connectivity index (χ3v) is 4.88. The summed E-state index contributed by atoms with van der Waals surface area (Å²) < 4.78 is 1.29. The average Bonchev–Trinajstić information content (AvgIpc) is 2.52. The van der Waals surface area contributed by atoms with Crippen molar-refractivity contribution in [3.05, 3.63) is 20.3 Å². The molecule has 0 aliphatic rings. The number of hydrogen-bond donors (Lipinski definition) is 1. The van der Waals surface area contributed by atoms with E-state index in [0.717, 1.165) is 12.5 Å². The molecular weight excluding hydrogens is 270 g/mol. The molecule has 0 saturated heterocycles. The van der Waals surface area contributed by atoms with E-state index in [1.54, 1.807) is 0 Å². The second-order valence-electron chi connectivity index (χ2n) is 4.21. The van der Waals surface area contributed by atoms with Crippen LogP contribution in [0.3, 0.4) is 0 Å². The van der Waals surface area contributed by atoms with Crippen molar-refractivity contribution in [2.75, 3.05) is 13.6 Å². The second kappa shape index (κ2) is 6.66. The predicted octanol–water partition coefficient (Wildman–Crippen LogP) is 4.00. The average molecular weight is 290 g/mol. The Hall–Kier alpha value is 0.140. The lowest BCUT2D eigenvalue weighted by Crippen LogP contribution is -2.11. The zero-order chi connectivity index (χ0) is 11.3. The normalized spacial score (nSPS) is 13.1. The van der Waals surface area contributed by atoms with Crippen LogP contribution in [0, 0.1) is 12.8 Å². The smallest absolute Gasteiger partial charge is 0.0730 e. The van der Waals surface area contributed by atoms with E-state index >= 15 is 0 Å². The Morgan fingerprint density at radius 3 is 2.73 bits per heavy atom. The molecule has 0 spiro atoms. The van der Waals surface area contributed by atoms with Crippen molar-refractivity contribution >= 4 is 27.3 Å². The Labute approximate surface area is 105 Å². The molecule has 0 aliphatic carbocycles. The molecule has 0 aromatic carbocycles. The molecule has 0 bridgehead atoms. The molecule has 15 heavy (non-hydrogen) atoms. The molecule has 0 aliphatic heterocycles. The minimum absolute atomic E-state index is 0.818. The first-order valence-corrected chi connectivity index (χ1v) is 7.14. The van der Waals surface area contributed by atoms with Crippen LogP contribution in [0.1, 0.15) is 30.2 Å². The summed E-state index contributed by atoms with van der Waals surface area (Å²) in [6, 6.07) is 2.31. The van der Waals surface area contributed by atoms with E-state index in [4.69, 9.17) is 0 Å². The van der Waals surface area contributed by atoms with E-state index in [1.807, 2.05) is 18.4 Å². The van der Waals surface area contributed by atoms with Gasteiger partial charge in [0, 0.05) is 4.88 Å². The van der Waals surface area contributed by atoms with Gasteiger partial charge in [-0.2, -0.15) is 0 Å². The maximum absolute atomic E-state index is 3.57. The van der Waals surface area contributed by atoms with Crippen molar-refractivity contribution in [3.63, 3.8) is 0 Å². The van der Waals surface area contributed by atoms with Crippen molar-refractivity contribution < 1.29 is 0 Å². The van der Waals surface area contributed by atoms with Crippen LogP contribution in [0.2, 0.25) is 0 Å². The molecule has 1 unspecified atom stereocenters. The van der Waals surface area contributed by atoms with E-state index in [9.17, 15) is 0 Å². The maximum Gasteiger partial charge on any atom is 0.0730 e. The quantitative estimate of drug-likeness (QED) is 0.835. The van der Waals surface area contributed by atoms with E-state index < -0.39 is 0 Å². The highest BCUT2D eigenvalue weighted by atomic mass is 79.9. The van der Waals surface area contributed by atoms with Crippen molar-refractivity contribution in [1.82, 2.24) is 5.32 Å². The zero-order valence-electron chi connectivity index (χ0n) is 9.77. The van der Waals surface area contributed by atoms with Crippen LogP contribution in [0.15, 0.2) is 9.85 Å². The van der Waals surface area contributed by atoms with Gasteiger partial charge in [0.1, 0.15) is 0 Å². The van der Waals surface area contributed by atoms with Gasteiger partial charge in [0.25, 0.3) is 0 Å². The van der Waals surface area contributed by atoms with Gasteiger partial charge in [0.05, 0.1) is 3.79 Å². The molecule has 86 valence electrons. The van der Waals surface area contributed by atoms with Gasteiger partial charge >= 0.3 is 0 Å². The first-order valence-electron chi connectivity index (χ1n) is 5.53. The minimum atomic E-state index is 0.818. The fourth-order valence-corrected chi connectivity index (χ4v) is 3.21. The first kappa shape index (κ1) is 13.2. The van der Waals surface area contributed by atoms with Gasteiger partial charge in [0.2, 0.25) is 0 Å². The van der Waals surface area contributed by atoms with Crippen LogP contribution in [-0.2, 0) is 6.42 Å². The fraction of sp³-hybridized carbons (Fsp3) is 0.667. The molecule has 0 radical (unpaired) electrons. The fourth-order valence-electron chi connectivity index (χ4n) is 1.57. The largest absolute Gasteiger partial charge is 0.320 e. The molecule has 1 rings (SSSR count). The van der Waals surface area contributed by atoms with Gasteiger partial charge in [-0.1, -0.05) is 6.92 Å². The van der Waals surface area contributed by atoms with Gasteiger partial charge < -0.3 is 5.32 Å². The Kier molecular flexibility index (Phi) is 5.87. The molecule has 1 nitrogen and oxygen atoms in total. The Balaban J connectivity index is 2.30. The summed E-state index contributed by atoms with van der Waals surface area (Å²) in [5.74, 6) is 0.818. The summed E-state index contributed by atoms with van der Waals surface area (Å²) in [6.45, 7) is 5.63. The Morgan fingerprint density at radius 2 is 2.20 bits per heavy atom. The first-order chi connectivity index (χ1) is 7.13. The zero-order valence-corrected chi connectivity index (χ0v) is 12.2. The van der Waals surface area contributed by atoms with E-state index in [2.05, 4.69) is 41.2 Å². The number of thiophene rings is 1. The standard InChI is InChI=1S/C12H20BrNS/c1-9(6-7-14-3)4-5-11-8-10(2)12(13)15-11/h8-9,14H,4-7H2,1-3H3. The topological polar surface area (TPSA) is 12.0 Å². The molecule has 3 heteroatoms. The lowest BCUT2D eigenvalue weighted by atomic mass is 10.0. The van der Waals surface area contributed by atoms with Gasteiger partial charge in [-0.05, 0) is 73.3 Å². The van der Waals surface area contributed by atoms with Gasteiger partial charge in [-0.15, -0.1) is 11.3 Å². The highest BCUT2D eigenvalue weighted by Gasteiger charge is 2.06. The molecule has 0 amide bonds. The number of hydrogen-bond acceptors (Lipinski definition) is 2. The van der Waals surface area contributed by atoms with Crippen LogP contribution >= 0.6 is 27.3 Å². The summed E-state index contributed by atoms with van der Waals surface area (Å²) in [5.41, 5.74) is 1.37. The summed E-state index contributed by atoms with van der Waals surface area (Å²) in [7, 11) is 2.02. The molecule has 1 aromatic heterocycles. The van der Waals surface area contributed by atoms with Crippen LogP contribution in [0.25, 0.3) is 0 Å². The van der Waals surface area contributed by atoms with E-state index in [1.165, 1.54) is 33.5 Å². The van der Waals surface area contributed by atoms with Crippen LogP contribution in [0.5, 0.6) is 0 Å². The molecule has 1 atom stereocenters. The highest BCUT2D eigenvalue weighted by molar-refractivity contribution is 9.11. The summed E-state index contributed by atoms with van der Waals surface area (Å²) >= 11 is 5.45. The lowest BCUT2D eigenvalue weighted by Gasteiger charge is -2.09. The summed E-state index contributed by atoms with van der Waals surface area (Å²) in [4.78, 5) is 1.51. The van der Waals surface area contributed by atoms with E-state index in [-0.39, 0.29) is 0 Å². The molecule has 1 heterocycles. The Morgan fingerprint density at radius 1 is 1.47 bits per heavy atom. The van der Waals surface area contributed by atoms with E-state index in [0.29, 0.717) is 0 Å². The molecule has 1 N–H and O–H groups in total. The monoisotopic (exact) mass is 289 g/mol. The molecule has 0 saturated carbocycles. The van der Waals surface area contributed by atoms with Crippen molar-refractivity contribution in [2.45, 2.75) is 33.1 Å².